The molecule has 0 nitrogen and oxygen atoms in total. The topological polar surface area (TPSA) is 0 Å². The predicted octanol–water partition coefficient (Wildman–Crippen LogP) is 9.68. The Labute approximate surface area is 188 Å². The van der Waals surface area contributed by atoms with E-state index in [4.69, 9.17) is 0 Å². The van der Waals surface area contributed by atoms with Gasteiger partial charge in [-0.2, -0.15) is 0 Å². The molecule has 0 aromatic carbocycles. The van der Waals surface area contributed by atoms with Gasteiger partial charge in [0.25, 0.3) is 0 Å². The van der Waals surface area contributed by atoms with E-state index in [0.29, 0.717) is 0 Å². The summed E-state index contributed by atoms with van der Waals surface area (Å²) in [6.07, 6.45) is 31.9. The minimum absolute atomic E-state index is 0.785. The molecular weight excluding hydrogens is 386 g/mol. The van der Waals surface area contributed by atoms with Gasteiger partial charge in [0.2, 0.25) is 0 Å². The van der Waals surface area contributed by atoms with Crippen LogP contribution in [-0.2, 0) is 0 Å². The summed E-state index contributed by atoms with van der Waals surface area (Å²) < 4.78 is 0. The normalized spacial score (nSPS) is 13.7. The maximum absolute atomic E-state index is 2.51. The fourth-order valence-corrected chi connectivity index (χ4v) is 12.1. The molecule has 0 rings (SSSR count). The molecule has 2 heteroatoms. The van der Waals surface area contributed by atoms with E-state index >= 15 is 0 Å². The van der Waals surface area contributed by atoms with Crippen LogP contribution in [0.25, 0.3) is 0 Å². The molecule has 0 unspecified atom stereocenters. The molecule has 0 heterocycles. The number of hydrogen-bond acceptors (Lipinski definition) is 0. The molecule has 0 aromatic rings. The molecule has 0 atom stereocenters. The second-order valence-corrected chi connectivity index (χ2v) is 22.0. The van der Waals surface area contributed by atoms with Crippen LogP contribution in [0.1, 0.15) is 124 Å². The molecule has 0 aliphatic heterocycles. The number of unbranched alkanes of at least 4 members (excludes halogenated alkanes) is 12. The molecule has 0 N–H and O–H groups in total. The van der Waals surface area contributed by atoms with E-state index in [1.165, 1.54) is 102 Å². The first-order valence-electron chi connectivity index (χ1n) is 13.9. The zero-order valence-corrected chi connectivity index (χ0v) is 23.8. The summed E-state index contributed by atoms with van der Waals surface area (Å²) in [6, 6.07) is 0. The summed E-state index contributed by atoms with van der Waals surface area (Å²) in [6.45, 7) is 14.7. The van der Waals surface area contributed by atoms with E-state index in [1.807, 2.05) is 0 Å². The Morgan fingerprint density at radius 3 is 0.931 bits per heavy atom. The van der Waals surface area contributed by atoms with Gasteiger partial charge >= 0.3 is 189 Å². The van der Waals surface area contributed by atoms with Crippen molar-refractivity contribution in [2.75, 3.05) is 50.8 Å². The number of hydrogen-bond donors (Lipinski definition) is 0. The van der Waals surface area contributed by atoms with Crippen molar-refractivity contribution >= 4 is 14.5 Å². The molecule has 0 saturated heterocycles. The first kappa shape index (κ1) is 29.9. The Kier molecular flexibility index (Phi) is 20.1. The van der Waals surface area contributed by atoms with E-state index in [-0.39, 0.29) is 0 Å². The van der Waals surface area contributed by atoms with Crippen molar-refractivity contribution in [3.8, 4) is 0 Å². The van der Waals surface area contributed by atoms with Crippen molar-refractivity contribution in [2.24, 2.45) is 0 Å². The molecular formula is C27H62P2. The maximum atomic E-state index is 2.51. The molecule has 0 fully saturated rings. The van der Waals surface area contributed by atoms with Crippen molar-refractivity contribution in [3.05, 3.63) is 0 Å². The van der Waals surface area contributed by atoms with E-state index in [9.17, 15) is 0 Å². The van der Waals surface area contributed by atoms with Gasteiger partial charge in [-0.25, -0.2) is 0 Å². The van der Waals surface area contributed by atoms with Crippen LogP contribution < -0.4 is 0 Å². The average Bonchev–Trinajstić information content (AvgIpc) is 2.68. The molecule has 0 radical (unpaired) electrons. The third-order valence-corrected chi connectivity index (χ3v) is 14.6. The van der Waals surface area contributed by atoms with Crippen LogP contribution in [-0.4, -0.2) is 50.8 Å². The van der Waals surface area contributed by atoms with Gasteiger partial charge in [-0.15, -0.1) is 0 Å². The van der Waals surface area contributed by atoms with Crippen LogP contribution in [0.5, 0.6) is 0 Å². The third kappa shape index (κ3) is 19.3. The van der Waals surface area contributed by atoms with Crippen LogP contribution >= 0.6 is 14.5 Å². The average molecular weight is 449 g/mol. The molecule has 0 aromatic heterocycles. The second kappa shape index (κ2) is 19.5. The monoisotopic (exact) mass is 448 g/mol. The van der Waals surface area contributed by atoms with E-state index < -0.39 is 14.5 Å². The molecule has 0 amide bonds. The third-order valence-electron chi connectivity index (χ3n) is 7.07. The molecule has 29 heavy (non-hydrogen) atoms. The number of rotatable bonds is 22. The Balaban J connectivity index is 3.87. The predicted molar refractivity (Wildman–Crippen MR) is 150 cm³/mol. The first-order valence-corrected chi connectivity index (χ1v) is 20.4. The standard InChI is InChI=1S/C27H62P2/c1-7-10-24-29(25-11-8-2,26-12-9-3)27-22-20-18-16-14-13-15-17-19-21-23-28(4,5)6/h28-29H,7-27H2,1-6H3. The molecule has 0 spiro atoms. The molecule has 0 bridgehead atoms. The van der Waals surface area contributed by atoms with Gasteiger partial charge < -0.3 is 0 Å². The summed E-state index contributed by atoms with van der Waals surface area (Å²) in [5, 5.41) is 0. The second-order valence-electron chi connectivity index (χ2n) is 11.4. The Morgan fingerprint density at radius 2 is 0.621 bits per heavy atom. The van der Waals surface area contributed by atoms with Crippen molar-refractivity contribution in [3.63, 3.8) is 0 Å². The van der Waals surface area contributed by atoms with Crippen molar-refractivity contribution in [2.45, 2.75) is 124 Å². The fourth-order valence-electron chi connectivity index (χ4n) is 4.97. The van der Waals surface area contributed by atoms with E-state index in [0.717, 1.165) is 0 Å². The fraction of sp³-hybridized carbons (Fsp3) is 1.00. The van der Waals surface area contributed by atoms with Gasteiger partial charge in [-0.1, -0.05) is 0 Å². The summed E-state index contributed by atoms with van der Waals surface area (Å²) in [7, 11) is -1.75. The molecule has 0 aliphatic rings. The van der Waals surface area contributed by atoms with E-state index in [2.05, 4.69) is 40.8 Å². The quantitative estimate of drug-likeness (QED) is 0.114. The Hall–Kier alpha value is 0.860. The van der Waals surface area contributed by atoms with Gasteiger partial charge in [-0.3, -0.25) is 0 Å². The van der Waals surface area contributed by atoms with Crippen LogP contribution in [0.3, 0.4) is 0 Å². The van der Waals surface area contributed by atoms with Crippen LogP contribution in [0.15, 0.2) is 0 Å². The van der Waals surface area contributed by atoms with Gasteiger partial charge in [0, 0.05) is 0 Å². The SMILES string of the molecule is CCCC[PH](CCCC)(CCCC)CCCCCCCCCCCC[PH](C)(C)C. The van der Waals surface area contributed by atoms with Crippen molar-refractivity contribution in [1.82, 2.24) is 0 Å². The summed E-state index contributed by atoms with van der Waals surface area (Å²) >= 11 is 0. The summed E-state index contributed by atoms with van der Waals surface area (Å²) in [5.41, 5.74) is 0. The van der Waals surface area contributed by atoms with Gasteiger partial charge in [-0.05, 0) is 0 Å². The minimum atomic E-state index is -0.963. The van der Waals surface area contributed by atoms with Gasteiger partial charge in [0.05, 0.1) is 0 Å². The van der Waals surface area contributed by atoms with Crippen molar-refractivity contribution < 1.29 is 0 Å². The summed E-state index contributed by atoms with van der Waals surface area (Å²) in [5.74, 6) is 0. The van der Waals surface area contributed by atoms with Gasteiger partial charge in [0.15, 0.2) is 0 Å². The summed E-state index contributed by atoms with van der Waals surface area (Å²) in [4.78, 5) is 0. The Bertz CT molecular complexity index is 310. The zero-order chi connectivity index (χ0) is 21.8. The Morgan fingerprint density at radius 1 is 0.345 bits per heavy atom. The van der Waals surface area contributed by atoms with E-state index in [1.54, 1.807) is 31.1 Å². The first-order chi connectivity index (χ1) is 13.9. The molecule has 0 saturated carbocycles. The van der Waals surface area contributed by atoms with Crippen LogP contribution in [0.4, 0.5) is 0 Å². The molecule has 0 aliphatic carbocycles. The zero-order valence-electron chi connectivity index (χ0n) is 21.8. The molecule has 180 valence electrons. The van der Waals surface area contributed by atoms with Crippen molar-refractivity contribution in [1.29, 1.82) is 0 Å². The van der Waals surface area contributed by atoms with Crippen LogP contribution in [0, 0.1) is 0 Å². The van der Waals surface area contributed by atoms with Gasteiger partial charge in [0.1, 0.15) is 0 Å². The van der Waals surface area contributed by atoms with Crippen LogP contribution in [0.2, 0.25) is 0 Å².